The molecule has 0 aliphatic carbocycles. The first-order valence-electron chi connectivity index (χ1n) is 10.6. The van der Waals surface area contributed by atoms with Gasteiger partial charge in [-0.3, -0.25) is 4.98 Å². The largest absolute Gasteiger partial charge is 0.348 e. The number of nitrogens with zero attached hydrogens (tertiary/aromatic N) is 3. The minimum atomic E-state index is 0.0351. The molecule has 1 atom stereocenters. The molecule has 0 amide bonds. The molecule has 0 bridgehead atoms. The van der Waals surface area contributed by atoms with Gasteiger partial charge in [-0.05, 0) is 66.9 Å². The van der Waals surface area contributed by atoms with Crippen LogP contribution in [-0.2, 0) is 0 Å². The van der Waals surface area contributed by atoms with Gasteiger partial charge in [-0.1, -0.05) is 41.8 Å². The highest BCUT2D eigenvalue weighted by atomic mass is 35.5. The van der Waals surface area contributed by atoms with Crippen molar-refractivity contribution in [3.63, 3.8) is 0 Å². The molecule has 2 aromatic carbocycles. The van der Waals surface area contributed by atoms with Crippen LogP contribution in [0.15, 0.2) is 85.2 Å². The van der Waals surface area contributed by atoms with Crippen molar-refractivity contribution in [1.29, 1.82) is 0 Å². The summed E-state index contributed by atoms with van der Waals surface area (Å²) in [5.41, 5.74) is 6.45. The van der Waals surface area contributed by atoms with Crippen molar-refractivity contribution in [3.05, 3.63) is 107 Å². The molecule has 0 aliphatic heterocycles. The van der Waals surface area contributed by atoms with Crippen molar-refractivity contribution in [2.24, 2.45) is 0 Å². The zero-order valence-electron chi connectivity index (χ0n) is 17.9. The van der Waals surface area contributed by atoms with E-state index in [4.69, 9.17) is 11.6 Å². The Bertz CT molecular complexity index is 1450. The van der Waals surface area contributed by atoms with Crippen molar-refractivity contribution in [1.82, 2.24) is 19.9 Å². The molecule has 1 unspecified atom stereocenters. The Morgan fingerprint density at radius 1 is 0.909 bits per heavy atom. The van der Waals surface area contributed by atoms with Crippen molar-refractivity contribution in [3.8, 4) is 23.0 Å². The lowest BCUT2D eigenvalue weighted by Crippen LogP contribution is -2.09. The third-order valence-corrected chi connectivity index (χ3v) is 5.49. The maximum Gasteiger partial charge on any atom is 0.201 e. The second kappa shape index (κ2) is 9.15. The number of imidazole rings is 1. The average Bonchev–Trinajstić information content (AvgIpc) is 3.25. The highest BCUT2D eigenvalue weighted by Gasteiger charge is 2.09. The molecule has 5 rings (SSSR count). The van der Waals surface area contributed by atoms with Gasteiger partial charge in [-0.2, -0.15) is 0 Å². The minimum Gasteiger partial charge on any atom is -0.348 e. The number of aromatic amines is 1. The van der Waals surface area contributed by atoms with Gasteiger partial charge >= 0.3 is 0 Å². The van der Waals surface area contributed by atoms with Crippen LogP contribution in [0.2, 0.25) is 5.02 Å². The number of nitrogens with one attached hydrogen (secondary N) is 2. The topological polar surface area (TPSA) is 66.5 Å². The molecule has 0 spiro atoms. The van der Waals surface area contributed by atoms with Crippen LogP contribution in [0.1, 0.15) is 29.9 Å². The quantitative estimate of drug-likeness (QED) is 0.318. The summed E-state index contributed by atoms with van der Waals surface area (Å²) in [6.45, 7) is 2.05. The van der Waals surface area contributed by atoms with E-state index < -0.39 is 0 Å². The molecule has 5 nitrogen and oxygen atoms in total. The molecule has 3 heterocycles. The fourth-order valence-corrected chi connectivity index (χ4v) is 3.61. The van der Waals surface area contributed by atoms with Gasteiger partial charge in [0.2, 0.25) is 5.95 Å². The Kier molecular flexibility index (Phi) is 5.75. The number of hydrogen-bond acceptors (Lipinski definition) is 4. The number of benzene rings is 2. The maximum atomic E-state index is 5.96. The Morgan fingerprint density at radius 2 is 1.76 bits per heavy atom. The highest BCUT2D eigenvalue weighted by molar-refractivity contribution is 6.30. The van der Waals surface area contributed by atoms with Crippen molar-refractivity contribution in [2.45, 2.75) is 13.0 Å². The standard InChI is InChI=1S/C27H20ClN5/c1-18(24-4-2-3-15-29-24)31-27-32-25-14-6-19(16-26(25)33-27)5-12-23-13-9-21(17-30-23)20-7-10-22(28)11-8-20/h2-4,6-11,13-18H,1H3,(H2,31,32,33). The van der Waals surface area contributed by atoms with Gasteiger partial charge in [0, 0.05) is 28.5 Å². The van der Waals surface area contributed by atoms with Crippen molar-refractivity contribution in [2.75, 3.05) is 5.32 Å². The van der Waals surface area contributed by atoms with E-state index in [1.165, 1.54) is 0 Å². The van der Waals surface area contributed by atoms with E-state index in [2.05, 4.69) is 44.0 Å². The van der Waals surface area contributed by atoms with Crippen LogP contribution in [0.4, 0.5) is 5.95 Å². The van der Waals surface area contributed by atoms with Crippen LogP contribution < -0.4 is 5.32 Å². The van der Waals surface area contributed by atoms with Gasteiger partial charge in [0.25, 0.3) is 0 Å². The lowest BCUT2D eigenvalue weighted by atomic mass is 10.1. The van der Waals surface area contributed by atoms with Crippen LogP contribution in [0.25, 0.3) is 22.2 Å². The average molecular weight is 450 g/mol. The zero-order chi connectivity index (χ0) is 22.6. The first-order chi connectivity index (χ1) is 16.1. The van der Waals surface area contributed by atoms with E-state index in [1.807, 2.05) is 79.0 Å². The number of hydrogen-bond donors (Lipinski definition) is 2. The molecule has 160 valence electrons. The normalized spacial score (nSPS) is 11.6. The van der Waals surface area contributed by atoms with E-state index in [-0.39, 0.29) is 6.04 Å². The summed E-state index contributed by atoms with van der Waals surface area (Å²) in [5, 5.41) is 4.08. The van der Waals surface area contributed by atoms with Gasteiger partial charge in [-0.25, -0.2) is 9.97 Å². The summed E-state index contributed by atoms with van der Waals surface area (Å²) >= 11 is 5.96. The van der Waals surface area contributed by atoms with E-state index >= 15 is 0 Å². The predicted octanol–water partition coefficient (Wildman–Crippen LogP) is 6.25. The van der Waals surface area contributed by atoms with Gasteiger partial charge < -0.3 is 10.3 Å². The predicted molar refractivity (Wildman–Crippen MR) is 133 cm³/mol. The molecule has 6 heteroatoms. The van der Waals surface area contributed by atoms with Crippen molar-refractivity contribution >= 4 is 28.6 Å². The van der Waals surface area contributed by atoms with Gasteiger partial charge in [0.05, 0.1) is 22.8 Å². The Morgan fingerprint density at radius 3 is 2.52 bits per heavy atom. The summed E-state index contributed by atoms with van der Waals surface area (Å²) in [7, 11) is 0. The molecule has 3 aromatic heterocycles. The summed E-state index contributed by atoms with van der Waals surface area (Å²) in [6, 6.07) is 23.5. The summed E-state index contributed by atoms with van der Waals surface area (Å²) in [6.07, 6.45) is 3.61. The van der Waals surface area contributed by atoms with E-state index in [0.717, 1.165) is 33.4 Å². The third kappa shape index (κ3) is 4.87. The Hall–Kier alpha value is -4.14. The number of halogens is 1. The summed E-state index contributed by atoms with van der Waals surface area (Å²) in [4.78, 5) is 16.8. The molecule has 2 N–H and O–H groups in total. The molecular weight excluding hydrogens is 430 g/mol. The second-order valence-corrected chi connectivity index (χ2v) is 8.06. The maximum absolute atomic E-state index is 5.96. The molecule has 0 radical (unpaired) electrons. The first kappa shape index (κ1) is 20.7. The number of H-pyrrole nitrogens is 1. The fourth-order valence-electron chi connectivity index (χ4n) is 3.48. The van der Waals surface area contributed by atoms with Gasteiger partial charge in [0.15, 0.2) is 0 Å². The van der Waals surface area contributed by atoms with Crippen LogP contribution in [-0.4, -0.2) is 19.9 Å². The summed E-state index contributed by atoms with van der Waals surface area (Å²) < 4.78 is 0. The number of fused-ring (bicyclic) bond motifs is 1. The molecule has 0 saturated heterocycles. The first-order valence-corrected chi connectivity index (χ1v) is 10.9. The molecule has 0 saturated carbocycles. The minimum absolute atomic E-state index is 0.0351. The number of aromatic nitrogens is 4. The van der Waals surface area contributed by atoms with E-state index in [9.17, 15) is 0 Å². The van der Waals surface area contributed by atoms with E-state index in [0.29, 0.717) is 16.7 Å². The Balaban J connectivity index is 1.31. The molecule has 0 aliphatic rings. The van der Waals surface area contributed by atoms with Gasteiger partial charge in [0.1, 0.15) is 5.69 Å². The third-order valence-electron chi connectivity index (χ3n) is 5.24. The molecule has 5 aromatic rings. The van der Waals surface area contributed by atoms with Crippen LogP contribution in [0.5, 0.6) is 0 Å². The number of pyridine rings is 2. The summed E-state index contributed by atoms with van der Waals surface area (Å²) in [5.74, 6) is 7.02. The zero-order valence-corrected chi connectivity index (χ0v) is 18.6. The number of rotatable bonds is 4. The van der Waals surface area contributed by atoms with Crippen molar-refractivity contribution < 1.29 is 0 Å². The lowest BCUT2D eigenvalue weighted by molar-refractivity contribution is 0.827. The second-order valence-electron chi connectivity index (χ2n) is 7.63. The van der Waals surface area contributed by atoms with E-state index in [1.54, 1.807) is 6.20 Å². The SMILES string of the molecule is CC(Nc1nc2ccc(C#Cc3ccc(-c4ccc(Cl)cc4)cn3)cc2[nH]1)c1ccccn1. The fraction of sp³-hybridized carbons (Fsp3) is 0.0741. The highest BCUT2D eigenvalue weighted by Crippen LogP contribution is 2.21. The molecular formula is C27H20ClN5. The molecule has 0 fully saturated rings. The smallest absolute Gasteiger partial charge is 0.201 e. The Labute approximate surface area is 196 Å². The monoisotopic (exact) mass is 449 g/mol. The lowest BCUT2D eigenvalue weighted by Gasteiger charge is -2.11. The molecule has 33 heavy (non-hydrogen) atoms. The number of anilines is 1. The van der Waals surface area contributed by atoms with Crippen LogP contribution in [0, 0.1) is 11.8 Å². The van der Waals surface area contributed by atoms with Gasteiger partial charge in [-0.15, -0.1) is 0 Å². The van der Waals surface area contributed by atoms with Crippen LogP contribution >= 0.6 is 11.6 Å². The van der Waals surface area contributed by atoms with Crippen LogP contribution in [0.3, 0.4) is 0 Å².